The molecule has 2 aromatic rings. The molecule has 0 saturated heterocycles. The molecular weight excluding hydrogens is 285 g/mol. The van der Waals surface area contributed by atoms with Crippen LogP contribution in [0.25, 0.3) is 0 Å². The predicted octanol–water partition coefficient (Wildman–Crippen LogP) is 4.77. The Morgan fingerprint density at radius 3 is 2.47 bits per heavy atom. The summed E-state index contributed by atoms with van der Waals surface area (Å²) in [4.78, 5) is 10.6. The minimum atomic E-state index is -0.435. The van der Waals surface area contributed by atoms with Crippen molar-refractivity contribution in [3.05, 3.63) is 74.8 Å². The number of alkyl halides is 1. The van der Waals surface area contributed by atoms with Crippen molar-refractivity contribution in [1.29, 1.82) is 0 Å². The van der Waals surface area contributed by atoms with Gasteiger partial charge in [-0.05, 0) is 18.1 Å². The molecule has 0 saturated carbocycles. The van der Waals surface area contributed by atoms with Gasteiger partial charge in [0.1, 0.15) is 0 Å². The summed E-state index contributed by atoms with van der Waals surface area (Å²) in [5, 5.41) is 11.0. The molecule has 0 aliphatic rings. The van der Waals surface area contributed by atoms with Crippen molar-refractivity contribution < 1.29 is 4.92 Å². The zero-order valence-electron chi connectivity index (χ0n) is 9.92. The molecule has 0 radical (unpaired) electrons. The van der Waals surface area contributed by atoms with Crippen LogP contribution in [0.5, 0.6) is 0 Å². The number of hydrogen-bond donors (Lipinski definition) is 0. The summed E-state index contributed by atoms with van der Waals surface area (Å²) in [5.74, 6) is 0. The third-order valence-electron chi connectivity index (χ3n) is 2.80. The van der Waals surface area contributed by atoms with Crippen molar-refractivity contribution in [2.45, 2.75) is 11.8 Å². The highest BCUT2D eigenvalue weighted by Crippen LogP contribution is 2.30. The molecule has 0 fully saturated rings. The maximum Gasteiger partial charge on any atom is 0.274 e. The number of benzene rings is 2. The molecule has 19 heavy (non-hydrogen) atoms. The highest BCUT2D eigenvalue weighted by molar-refractivity contribution is 6.30. The van der Waals surface area contributed by atoms with Crippen LogP contribution in [0, 0.1) is 10.1 Å². The normalized spacial score (nSPS) is 12.1. The van der Waals surface area contributed by atoms with Crippen molar-refractivity contribution in [1.82, 2.24) is 0 Å². The fourth-order valence-electron chi connectivity index (χ4n) is 1.85. The van der Waals surface area contributed by atoms with Gasteiger partial charge in [0.05, 0.1) is 10.3 Å². The van der Waals surface area contributed by atoms with Gasteiger partial charge in [0.25, 0.3) is 5.69 Å². The molecule has 0 aliphatic heterocycles. The molecule has 1 unspecified atom stereocenters. The maximum atomic E-state index is 11.0. The van der Waals surface area contributed by atoms with Gasteiger partial charge in [0.15, 0.2) is 0 Å². The van der Waals surface area contributed by atoms with Crippen LogP contribution in [-0.2, 0) is 6.42 Å². The van der Waals surface area contributed by atoms with Gasteiger partial charge in [-0.25, -0.2) is 0 Å². The second kappa shape index (κ2) is 6.04. The van der Waals surface area contributed by atoms with E-state index in [1.807, 2.05) is 30.3 Å². The molecule has 0 N–H and O–H groups in total. The highest BCUT2D eigenvalue weighted by atomic mass is 35.5. The SMILES string of the molecule is O=[N+]([O-])c1cc(Cl)ccc1CC(Cl)c1ccccc1. The van der Waals surface area contributed by atoms with E-state index in [2.05, 4.69) is 0 Å². The standard InChI is InChI=1S/C14H11Cl2NO2/c15-12-7-6-11(14(9-12)17(18)19)8-13(16)10-4-2-1-3-5-10/h1-7,9,13H,8H2. The number of hydrogen-bond acceptors (Lipinski definition) is 2. The van der Waals surface area contributed by atoms with E-state index in [-0.39, 0.29) is 11.1 Å². The van der Waals surface area contributed by atoms with Crippen LogP contribution in [0.3, 0.4) is 0 Å². The smallest absolute Gasteiger partial charge is 0.258 e. The van der Waals surface area contributed by atoms with Crippen molar-refractivity contribution >= 4 is 28.9 Å². The molecule has 1 atom stereocenters. The molecule has 0 aromatic heterocycles. The van der Waals surface area contributed by atoms with Crippen molar-refractivity contribution in [2.75, 3.05) is 0 Å². The quantitative estimate of drug-likeness (QED) is 0.463. The Bertz CT molecular complexity index is 587. The lowest BCUT2D eigenvalue weighted by Crippen LogP contribution is -2.00. The van der Waals surface area contributed by atoms with Crippen LogP contribution < -0.4 is 0 Å². The second-order valence-electron chi connectivity index (χ2n) is 4.11. The van der Waals surface area contributed by atoms with Gasteiger partial charge in [-0.3, -0.25) is 10.1 Å². The van der Waals surface area contributed by atoms with Gasteiger partial charge in [0, 0.05) is 16.7 Å². The topological polar surface area (TPSA) is 43.1 Å². The Kier molecular flexibility index (Phi) is 4.40. The van der Waals surface area contributed by atoms with Crippen LogP contribution in [0.2, 0.25) is 5.02 Å². The van der Waals surface area contributed by atoms with Gasteiger partial charge in [-0.2, -0.15) is 0 Å². The monoisotopic (exact) mass is 295 g/mol. The first kappa shape index (κ1) is 13.8. The number of halogens is 2. The number of nitro benzene ring substituents is 1. The molecule has 3 nitrogen and oxygen atoms in total. The maximum absolute atomic E-state index is 11.0. The lowest BCUT2D eigenvalue weighted by atomic mass is 10.0. The van der Waals surface area contributed by atoms with E-state index in [0.717, 1.165) is 5.56 Å². The van der Waals surface area contributed by atoms with Crippen LogP contribution >= 0.6 is 23.2 Å². The molecule has 5 heteroatoms. The molecule has 0 aliphatic carbocycles. The molecule has 0 heterocycles. The number of rotatable bonds is 4. The summed E-state index contributed by atoms with van der Waals surface area (Å²) in [6.45, 7) is 0. The van der Waals surface area contributed by atoms with Gasteiger partial charge in [-0.1, -0.05) is 48.0 Å². The van der Waals surface area contributed by atoms with Gasteiger partial charge in [0.2, 0.25) is 0 Å². The molecule has 0 bridgehead atoms. The van der Waals surface area contributed by atoms with Gasteiger partial charge < -0.3 is 0 Å². The van der Waals surface area contributed by atoms with E-state index in [9.17, 15) is 10.1 Å². The Morgan fingerprint density at radius 1 is 1.16 bits per heavy atom. The summed E-state index contributed by atoms with van der Waals surface area (Å²) < 4.78 is 0. The summed E-state index contributed by atoms with van der Waals surface area (Å²) in [6, 6.07) is 14.1. The number of nitrogens with zero attached hydrogens (tertiary/aromatic N) is 1. The Labute approximate surface area is 120 Å². The third-order valence-corrected chi connectivity index (χ3v) is 3.45. The van der Waals surface area contributed by atoms with E-state index in [0.29, 0.717) is 17.0 Å². The first-order valence-corrected chi connectivity index (χ1v) is 6.51. The lowest BCUT2D eigenvalue weighted by Gasteiger charge is -2.10. The van der Waals surface area contributed by atoms with Crippen molar-refractivity contribution in [3.63, 3.8) is 0 Å². The van der Waals surface area contributed by atoms with Gasteiger partial charge >= 0.3 is 0 Å². The summed E-state index contributed by atoms with van der Waals surface area (Å²) in [6.07, 6.45) is 0.388. The predicted molar refractivity (Wildman–Crippen MR) is 76.8 cm³/mol. The average Bonchev–Trinajstić information content (AvgIpc) is 2.41. The first-order chi connectivity index (χ1) is 9.08. The van der Waals surface area contributed by atoms with Crippen molar-refractivity contribution in [3.8, 4) is 0 Å². The third kappa shape index (κ3) is 3.46. The Hall–Kier alpha value is -1.58. The minimum Gasteiger partial charge on any atom is -0.258 e. The largest absolute Gasteiger partial charge is 0.274 e. The molecule has 2 aromatic carbocycles. The minimum absolute atomic E-state index is 0.00841. The van der Waals surface area contributed by atoms with E-state index >= 15 is 0 Å². The second-order valence-corrected chi connectivity index (χ2v) is 5.08. The van der Waals surface area contributed by atoms with Gasteiger partial charge in [-0.15, -0.1) is 11.6 Å². The zero-order chi connectivity index (χ0) is 13.8. The van der Waals surface area contributed by atoms with Crippen LogP contribution in [0.4, 0.5) is 5.69 Å². The Morgan fingerprint density at radius 2 is 1.84 bits per heavy atom. The van der Waals surface area contributed by atoms with E-state index in [1.165, 1.54) is 6.07 Å². The summed E-state index contributed by atoms with van der Waals surface area (Å²) in [7, 11) is 0. The Balaban J connectivity index is 2.26. The van der Waals surface area contributed by atoms with Crippen LogP contribution in [0.1, 0.15) is 16.5 Å². The molecule has 2 rings (SSSR count). The molecule has 98 valence electrons. The lowest BCUT2D eigenvalue weighted by molar-refractivity contribution is -0.385. The highest BCUT2D eigenvalue weighted by Gasteiger charge is 2.18. The molecule has 0 amide bonds. The van der Waals surface area contributed by atoms with Crippen LogP contribution in [-0.4, -0.2) is 4.92 Å². The average molecular weight is 296 g/mol. The van der Waals surface area contributed by atoms with E-state index in [4.69, 9.17) is 23.2 Å². The fraction of sp³-hybridized carbons (Fsp3) is 0.143. The fourth-order valence-corrected chi connectivity index (χ4v) is 2.33. The molecular formula is C14H11Cl2NO2. The summed E-state index contributed by atoms with van der Waals surface area (Å²) in [5.41, 5.74) is 1.53. The van der Waals surface area contributed by atoms with Crippen molar-refractivity contribution in [2.24, 2.45) is 0 Å². The first-order valence-electron chi connectivity index (χ1n) is 5.70. The zero-order valence-corrected chi connectivity index (χ0v) is 11.4. The van der Waals surface area contributed by atoms with E-state index < -0.39 is 4.92 Å². The summed E-state index contributed by atoms with van der Waals surface area (Å²) >= 11 is 12.1. The van der Waals surface area contributed by atoms with E-state index in [1.54, 1.807) is 12.1 Å². The molecule has 0 spiro atoms. The number of nitro groups is 1. The van der Waals surface area contributed by atoms with Crippen LogP contribution in [0.15, 0.2) is 48.5 Å².